The van der Waals surface area contributed by atoms with Gasteiger partial charge in [0.25, 0.3) is 0 Å². The lowest BCUT2D eigenvalue weighted by Gasteiger charge is -2.21. The topological polar surface area (TPSA) is 73.8 Å². The molecule has 0 saturated heterocycles. The summed E-state index contributed by atoms with van der Waals surface area (Å²) in [5.74, 6) is 0.761. The summed E-state index contributed by atoms with van der Waals surface area (Å²) in [5.41, 5.74) is 1.80. The van der Waals surface area contributed by atoms with Crippen LogP contribution < -0.4 is 10.6 Å². The van der Waals surface area contributed by atoms with Gasteiger partial charge in [-0.15, -0.1) is 0 Å². The monoisotopic (exact) mass is 396 g/mol. The van der Waals surface area contributed by atoms with E-state index >= 15 is 0 Å². The van der Waals surface area contributed by atoms with Crippen molar-refractivity contribution in [3.63, 3.8) is 0 Å². The quantitative estimate of drug-likeness (QED) is 0.342. The van der Waals surface area contributed by atoms with E-state index in [0.717, 1.165) is 49.7 Å². The van der Waals surface area contributed by atoms with Crippen LogP contribution in [-0.2, 0) is 16.4 Å². The van der Waals surface area contributed by atoms with Gasteiger partial charge in [0.2, 0.25) is 0 Å². The molecule has 0 atom stereocenters. The summed E-state index contributed by atoms with van der Waals surface area (Å²) < 4.78 is 23.4. The summed E-state index contributed by atoms with van der Waals surface area (Å²) in [6.45, 7) is 11.1. The van der Waals surface area contributed by atoms with Gasteiger partial charge in [-0.2, -0.15) is 0 Å². The largest absolute Gasteiger partial charge is 0.356 e. The minimum atomic E-state index is -3.18. The van der Waals surface area contributed by atoms with Crippen molar-refractivity contribution in [3.8, 4) is 0 Å². The van der Waals surface area contributed by atoms with Crippen LogP contribution in [0.5, 0.6) is 0 Å². The predicted molar refractivity (Wildman–Crippen MR) is 114 cm³/mol. The van der Waals surface area contributed by atoms with Gasteiger partial charge in [-0.25, -0.2) is 8.42 Å². The molecule has 7 heteroatoms. The molecule has 0 aliphatic rings. The Kier molecular flexibility index (Phi) is 10.4. The van der Waals surface area contributed by atoms with Crippen molar-refractivity contribution in [2.75, 3.05) is 39.5 Å². The Bertz CT molecular complexity index is 696. The molecule has 2 N–H and O–H groups in total. The first-order valence-corrected chi connectivity index (χ1v) is 11.7. The highest BCUT2D eigenvalue weighted by Gasteiger charge is 2.11. The first-order valence-electron chi connectivity index (χ1n) is 9.78. The third kappa shape index (κ3) is 8.75. The van der Waals surface area contributed by atoms with E-state index in [4.69, 9.17) is 0 Å². The van der Waals surface area contributed by atoms with Crippen molar-refractivity contribution in [1.29, 1.82) is 0 Å². The van der Waals surface area contributed by atoms with Crippen molar-refractivity contribution in [2.45, 2.75) is 51.5 Å². The molecule has 1 rings (SSSR count). The van der Waals surface area contributed by atoms with Gasteiger partial charge >= 0.3 is 0 Å². The van der Waals surface area contributed by atoms with E-state index in [1.807, 2.05) is 19.1 Å². The second kappa shape index (κ2) is 12.0. The molecule has 0 radical (unpaired) electrons. The van der Waals surface area contributed by atoms with Crippen LogP contribution in [0, 0.1) is 6.92 Å². The molecule has 27 heavy (non-hydrogen) atoms. The second-order valence-electron chi connectivity index (χ2n) is 6.92. The van der Waals surface area contributed by atoms with E-state index in [0.29, 0.717) is 11.4 Å². The molecule has 0 aliphatic heterocycles. The van der Waals surface area contributed by atoms with Gasteiger partial charge in [0.05, 0.1) is 4.90 Å². The maximum Gasteiger partial charge on any atom is 0.191 e. The van der Waals surface area contributed by atoms with E-state index < -0.39 is 9.84 Å². The Hall–Kier alpha value is -1.60. The molecular formula is C20H36N4O2S. The Labute approximate surface area is 165 Å². The lowest BCUT2D eigenvalue weighted by molar-refractivity contribution is 0.271. The van der Waals surface area contributed by atoms with Gasteiger partial charge < -0.3 is 15.5 Å². The molecule has 0 heterocycles. The summed E-state index contributed by atoms with van der Waals surface area (Å²) in [7, 11) is -1.42. The van der Waals surface area contributed by atoms with Crippen LogP contribution in [-0.4, -0.2) is 58.8 Å². The molecule has 0 saturated carbocycles. The lowest BCUT2D eigenvalue weighted by Crippen LogP contribution is -2.38. The second-order valence-corrected chi connectivity index (χ2v) is 8.90. The smallest absolute Gasteiger partial charge is 0.191 e. The number of hydrogen-bond acceptors (Lipinski definition) is 4. The van der Waals surface area contributed by atoms with Gasteiger partial charge in [-0.1, -0.05) is 26.0 Å². The lowest BCUT2D eigenvalue weighted by atomic mass is 10.1. The van der Waals surface area contributed by atoms with Crippen LogP contribution in [0.2, 0.25) is 0 Å². The van der Waals surface area contributed by atoms with Crippen molar-refractivity contribution >= 4 is 15.8 Å². The summed E-state index contributed by atoms with van der Waals surface area (Å²) in [5, 5.41) is 6.63. The number of nitrogens with one attached hydrogen (secondary N) is 2. The number of nitrogens with zero attached hydrogens (tertiary/aromatic N) is 2. The average Bonchev–Trinajstić information content (AvgIpc) is 2.60. The van der Waals surface area contributed by atoms with Gasteiger partial charge in [-0.05, 0) is 63.0 Å². The zero-order chi connectivity index (χ0) is 20.3. The van der Waals surface area contributed by atoms with Crippen molar-refractivity contribution < 1.29 is 8.42 Å². The Morgan fingerprint density at radius 3 is 2.30 bits per heavy atom. The van der Waals surface area contributed by atoms with E-state index in [1.54, 1.807) is 13.1 Å². The maximum atomic E-state index is 11.7. The molecular weight excluding hydrogens is 360 g/mol. The highest BCUT2D eigenvalue weighted by molar-refractivity contribution is 7.90. The molecule has 0 amide bonds. The number of rotatable bonds is 11. The predicted octanol–water partition coefficient (Wildman–Crippen LogP) is 2.58. The zero-order valence-electron chi connectivity index (χ0n) is 17.5. The summed E-state index contributed by atoms with van der Waals surface area (Å²) in [4.78, 5) is 7.15. The number of guanidine groups is 1. The summed E-state index contributed by atoms with van der Waals surface area (Å²) >= 11 is 0. The number of sulfone groups is 1. The normalized spacial score (nSPS) is 12.4. The molecule has 0 spiro atoms. The van der Waals surface area contributed by atoms with E-state index in [1.165, 1.54) is 19.1 Å². The van der Waals surface area contributed by atoms with Crippen molar-refractivity contribution in [1.82, 2.24) is 15.5 Å². The molecule has 0 bridgehead atoms. The van der Waals surface area contributed by atoms with E-state index in [-0.39, 0.29) is 0 Å². The first-order chi connectivity index (χ1) is 12.8. The fraction of sp³-hybridized carbons (Fsp3) is 0.650. The molecule has 0 unspecified atom stereocenters. The molecule has 0 aliphatic carbocycles. The average molecular weight is 397 g/mol. The number of aryl methyl sites for hydroxylation is 1. The maximum absolute atomic E-state index is 11.7. The van der Waals surface area contributed by atoms with Gasteiger partial charge in [-0.3, -0.25) is 4.99 Å². The van der Waals surface area contributed by atoms with Crippen LogP contribution in [0.3, 0.4) is 0 Å². The molecule has 0 fully saturated rings. The standard InChI is InChI=1S/C20H36N4O2S/c1-6-12-24(13-7-2)14-8-11-22-20(21-4)23-16-18-9-10-19(17(3)15-18)27(5,25)26/h9-10,15H,6-8,11-14,16H2,1-5H3,(H2,21,22,23). The van der Waals surface area contributed by atoms with Gasteiger partial charge in [0.1, 0.15) is 0 Å². The Balaban J connectivity index is 2.45. The van der Waals surface area contributed by atoms with Crippen LogP contribution in [0.15, 0.2) is 28.1 Å². The van der Waals surface area contributed by atoms with Gasteiger partial charge in [0.15, 0.2) is 15.8 Å². The fourth-order valence-electron chi connectivity index (χ4n) is 3.12. The minimum absolute atomic E-state index is 0.387. The highest BCUT2D eigenvalue weighted by Crippen LogP contribution is 2.16. The van der Waals surface area contributed by atoms with Crippen LogP contribution in [0.1, 0.15) is 44.2 Å². The van der Waals surface area contributed by atoms with Crippen LogP contribution in [0.25, 0.3) is 0 Å². The van der Waals surface area contributed by atoms with E-state index in [9.17, 15) is 8.42 Å². The molecule has 1 aromatic rings. The third-order valence-electron chi connectivity index (χ3n) is 4.35. The number of benzene rings is 1. The van der Waals surface area contributed by atoms with Crippen molar-refractivity contribution in [2.24, 2.45) is 4.99 Å². The number of hydrogen-bond donors (Lipinski definition) is 2. The first kappa shape index (κ1) is 23.4. The molecule has 1 aromatic carbocycles. The number of aliphatic imine (C=N–C) groups is 1. The molecule has 6 nitrogen and oxygen atoms in total. The Morgan fingerprint density at radius 2 is 1.78 bits per heavy atom. The van der Waals surface area contributed by atoms with Crippen LogP contribution in [0.4, 0.5) is 0 Å². The molecule has 0 aromatic heterocycles. The van der Waals surface area contributed by atoms with Gasteiger partial charge in [0, 0.05) is 26.4 Å². The summed E-state index contributed by atoms with van der Waals surface area (Å²) in [6, 6.07) is 5.43. The van der Waals surface area contributed by atoms with Crippen LogP contribution >= 0.6 is 0 Å². The van der Waals surface area contributed by atoms with Crippen molar-refractivity contribution in [3.05, 3.63) is 29.3 Å². The molecule has 154 valence electrons. The SMILES string of the molecule is CCCN(CCC)CCCNC(=NC)NCc1ccc(S(C)(=O)=O)c(C)c1. The minimum Gasteiger partial charge on any atom is -0.356 e. The fourth-order valence-corrected chi connectivity index (χ4v) is 4.08. The summed E-state index contributed by atoms with van der Waals surface area (Å²) in [6.07, 6.45) is 4.69. The zero-order valence-corrected chi connectivity index (χ0v) is 18.3. The van der Waals surface area contributed by atoms with E-state index in [2.05, 4.69) is 34.4 Å². The highest BCUT2D eigenvalue weighted by atomic mass is 32.2. The third-order valence-corrected chi connectivity index (χ3v) is 5.60. The Morgan fingerprint density at radius 1 is 1.11 bits per heavy atom.